The van der Waals surface area contributed by atoms with Gasteiger partial charge in [-0.1, -0.05) is 29.8 Å². The van der Waals surface area contributed by atoms with Gasteiger partial charge in [-0.05, 0) is 59.7 Å². The van der Waals surface area contributed by atoms with E-state index in [1.54, 1.807) is 42.5 Å². The zero-order valence-electron chi connectivity index (χ0n) is 19.9. The van der Waals surface area contributed by atoms with Crippen LogP contribution in [0.3, 0.4) is 0 Å². The Labute approximate surface area is 223 Å². The van der Waals surface area contributed by atoms with Gasteiger partial charge >= 0.3 is 0 Å². The number of benzene rings is 3. The first-order valence-electron chi connectivity index (χ1n) is 11.5. The average molecular weight is 556 g/mol. The number of rotatable bonds is 7. The molecule has 3 amide bonds. The lowest BCUT2D eigenvalue weighted by Gasteiger charge is -2.28. The number of primary sulfonamides is 1. The Morgan fingerprint density at radius 2 is 1.63 bits per heavy atom. The number of nitrogens with zero attached hydrogens (tertiary/aromatic N) is 2. The summed E-state index contributed by atoms with van der Waals surface area (Å²) in [5, 5.41) is 5.67. The minimum Gasteiger partial charge on any atom is -0.454 e. The average Bonchev–Trinajstić information content (AvgIpc) is 3.46. The number of carbonyl (C=O) groups is 3. The quantitative estimate of drug-likeness (QED) is 0.442. The third kappa shape index (κ3) is 5.21. The minimum atomic E-state index is -3.95. The Balaban J connectivity index is 1.44. The molecular weight excluding hydrogens is 534 g/mol. The number of amides is 3. The van der Waals surface area contributed by atoms with E-state index >= 15 is 0 Å². The molecule has 0 saturated carbocycles. The van der Waals surface area contributed by atoms with Crippen LogP contribution in [0.2, 0.25) is 5.02 Å². The summed E-state index contributed by atoms with van der Waals surface area (Å²) in [4.78, 5) is 42.2. The number of anilines is 1. The van der Waals surface area contributed by atoms with Gasteiger partial charge in [-0.15, -0.1) is 0 Å². The number of ether oxygens (including phenoxy) is 2. The molecule has 2 heterocycles. The third-order valence-corrected chi connectivity index (χ3v) is 7.48. The number of nitrogens with two attached hydrogens (primary N) is 1. The van der Waals surface area contributed by atoms with E-state index < -0.39 is 27.9 Å². The van der Waals surface area contributed by atoms with E-state index in [4.69, 9.17) is 26.2 Å². The summed E-state index contributed by atoms with van der Waals surface area (Å²) in [6, 6.07) is 16.0. The number of fused-ring (bicyclic) bond motifs is 1. The Morgan fingerprint density at radius 1 is 0.974 bits per heavy atom. The molecule has 10 nitrogen and oxygen atoms in total. The number of carbonyl (C=O) groups excluding carboxylic acids is 3. The van der Waals surface area contributed by atoms with Crippen molar-refractivity contribution in [1.29, 1.82) is 0 Å². The lowest BCUT2D eigenvalue weighted by atomic mass is 10.1. The molecule has 1 unspecified atom stereocenters. The molecular formula is C26H22ClN3O7S. The normalized spacial score (nSPS) is 16.7. The van der Waals surface area contributed by atoms with Gasteiger partial charge in [0, 0.05) is 11.6 Å². The lowest BCUT2D eigenvalue weighted by Crippen LogP contribution is -2.45. The highest BCUT2D eigenvalue weighted by molar-refractivity contribution is 7.89. The van der Waals surface area contributed by atoms with Gasteiger partial charge in [-0.3, -0.25) is 14.4 Å². The van der Waals surface area contributed by atoms with E-state index in [1.165, 1.54) is 29.2 Å². The highest BCUT2D eigenvalue weighted by Gasteiger charge is 2.44. The maximum Gasteiger partial charge on any atom is 0.257 e. The first-order valence-corrected chi connectivity index (χ1v) is 13.4. The van der Waals surface area contributed by atoms with Crippen LogP contribution in [0, 0.1) is 0 Å². The van der Waals surface area contributed by atoms with E-state index in [9.17, 15) is 22.8 Å². The highest BCUT2D eigenvalue weighted by atomic mass is 35.5. The summed E-state index contributed by atoms with van der Waals surface area (Å²) >= 11 is 5.97. The van der Waals surface area contributed by atoms with Gasteiger partial charge in [-0.25, -0.2) is 18.5 Å². The summed E-state index contributed by atoms with van der Waals surface area (Å²) in [5.74, 6) is -0.364. The molecule has 0 aromatic heterocycles. The second-order valence-corrected chi connectivity index (χ2v) is 10.8. The molecule has 0 aliphatic carbocycles. The second kappa shape index (κ2) is 10.1. The lowest BCUT2D eigenvalue weighted by molar-refractivity contribution is -0.138. The number of halogens is 1. The highest BCUT2D eigenvalue weighted by Crippen LogP contribution is 2.34. The summed E-state index contributed by atoms with van der Waals surface area (Å²) in [7, 11) is -3.95. The molecule has 2 aliphatic rings. The first kappa shape index (κ1) is 25.7. The van der Waals surface area contributed by atoms with Crippen LogP contribution in [0.4, 0.5) is 5.69 Å². The maximum atomic E-state index is 13.5. The molecule has 5 rings (SSSR count). The topological polar surface area (TPSA) is 136 Å². The minimum absolute atomic E-state index is 0.0112. The van der Waals surface area contributed by atoms with Crippen LogP contribution in [0.5, 0.6) is 11.5 Å². The van der Waals surface area contributed by atoms with E-state index in [2.05, 4.69) is 0 Å². The molecule has 1 atom stereocenters. The van der Waals surface area contributed by atoms with Crippen LogP contribution in [0.25, 0.3) is 0 Å². The van der Waals surface area contributed by atoms with Gasteiger partial charge in [-0.2, -0.15) is 0 Å². The molecule has 1 saturated heterocycles. The fourth-order valence-electron chi connectivity index (χ4n) is 4.40. The molecule has 0 bridgehead atoms. The molecule has 2 aliphatic heterocycles. The van der Waals surface area contributed by atoms with Gasteiger partial charge in [0.15, 0.2) is 11.5 Å². The maximum absolute atomic E-state index is 13.5. The van der Waals surface area contributed by atoms with Gasteiger partial charge in [0.05, 0.1) is 23.4 Å². The molecule has 196 valence electrons. The zero-order chi connectivity index (χ0) is 27.0. The predicted octanol–water partition coefficient (Wildman–Crippen LogP) is 2.62. The van der Waals surface area contributed by atoms with E-state index in [1.807, 2.05) is 0 Å². The third-order valence-electron chi connectivity index (χ3n) is 6.30. The molecule has 3 aromatic carbocycles. The van der Waals surface area contributed by atoms with Crippen LogP contribution >= 0.6 is 11.6 Å². The number of imide groups is 1. The SMILES string of the molecule is NS(=O)(=O)c1ccc(N2C(=O)CC(N(Cc3ccc4c(c3)OCO4)C(=O)Cc3ccc(Cl)cc3)C2=O)cc1. The van der Waals surface area contributed by atoms with Crippen molar-refractivity contribution in [1.82, 2.24) is 4.90 Å². The number of hydrogen-bond acceptors (Lipinski definition) is 7. The van der Waals surface area contributed by atoms with Crippen molar-refractivity contribution < 1.29 is 32.3 Å². The number of sulfonamides is 1. The first-order chi connectivity index (χ1) is 18.1. The predicted molar refractivity (Wildman–Crippen MR) is 137 cm³/mol. The molecule has 38 heavy (non-hydrogen) atoms. The summed E-state index contributed by atoms with van der Waals surface area (Å²) < 4.78 is 34.0. The molecule has 12 heteroatoms. The van der Waals surface area contributed by atoms with E-state index in [0.717, 1.165) is 4.90 Å². The molecule has 2 N–H and O–H groups in total. The van der Waals surface area contributed by atoms with Gasteiger partial charge in [0.2, 0.25) is 28.6 Å². The van der Waals surface area contributed by atoms with E-state index in [0.29, 0.717) is 27.6 Å². The van der Waals surface area contributed by atoms with Gasteiger partial charge in [0.25, 0.3) is 5.91 Å². The van der Waals surface area contributed by atoms with Crippen LogP contribution in [-0.4, -0.2) is 43.9 Å². The Morgan fingerprint density at radius 3 is 2.32 bits per heavy atom. The Hall–Kier alpha value is -3.93. The smallest absolute Gasteiger partial charge is 0.257 e. The summed E-state index contributed by atoms with van der Waals surface area (Å²) in [6.07, 6.45) is -0.241. The fraction of sp³-hybridized carbons (Fsp3) is 0.192. The summed E-state index contributed by atoms with van der Waals surface area (Å²) in [5.41, 5.74) is 1.57. The van der Waals surface area contributed by atoms with Crippen molar-refractivity contribution in [3.8, 4) is 11.5 Å². The Bertz CT molecular complexity index is 1530. The van der Waals surface area contributed by atoms with Gasteiger partial charge < -0.3 is 14.4 Å². The fourth-order valence-corrected chi connectivity index (χ4v) is 5.04. The van der Waals surface area contributed by atoms with Crippen molar-refractivity contribution in [3.05, 3.63) is 82.9 Å². The van der Waals surface area contributed by atoms with E-state index in [-0.39, 0.29) is 42.7 Å². The van der Waals surface area contributed by atoms with Gasteiger partial charge in [0.1, 0.15) is 6.04 Å². The van der Waals surface area contributed by atoms with Crippen LogP contribution in [0.15, 0.2) is 71.6 Å². The molecule has 1 fully saturated rings. The van der Waals surface area contributed by atoms with Crippen LogP contribution in [0.1, 0.15) is 17.5 Å². The molecule has 0 spiro atoms. The van der Waals surface area contributed by atoms with Crippen LogP contribution in [-0.2, 0) is 37.4 Å². The van der Waals surface area contributed by atoms with Crippen molar-refractivity contribution in [2.75, 3.05) is 11.7 Å². The Kier molecular flexibility index (Phi) is 6.82. The van der Waals surface area contributed by atoms with Crippen LogP contribution < -0.4 is 19.5 Å². The van der Waals surface area contributed by atoms with Crippen molar-refractivity contribution in [3.63, 3.8) is 0 Å². The summed E-state index contributed by atoms with van der Waals surface area (Å²) in [6.45, 7) is 0.137. The monoisotopic (exact) mass is 555 g/mol. The standard InChI is InChI=1S/C26H22ClN3O7S/c27-18-4-1-16(2-5-18)12-24(31)29(14-17-3-10-22-23(11-17)37-15-36-22)21-13-25(32)30(26(21)33)19-6-8-20(9-7-19)38(28,34)35/h1-11,21H,12-15H2,(H2,28,34,35). The van der Waals surface area contributed by atoms with Crippen molar-refractivity contribution in [2.24, 2.45) is 5.14 Å². The number of hydrogen-bond donors (Lipinski definition) is 1. The largest absolute Gasteiger partial charge is 0.454 e. The zero-order valence-corrected chi connectivity index (χ0v) is 21.4. The molecule has 3 aromatic rings. The second-order valence-electron chi connectivity index (χ2n) is 8.84. The van der Waals surface area contributed by atoms with Crippen molar-refractivity contribution >= 4 is 45.0 Å². The van der Waals surface area contributed by atoms with Crippen molar-refractivity contribution in [2.45, 2.75) is 30.3 Å². The molecule has 0 radical (unpaired) electrons.